The first-order chi connectivity index (χ1) is 14.5. The molecule has 31 heavy (non-hydrogen) atoms. The average Bonchev–Trinajstić information content (AvgIpc) is 3.02. The number of carbonyl (C=O) groups excluding carboxylic acids is 2. The largest absolute Gasteiger partial charge is 0.344 e. The van der Waals surface area contributed by atoms with E-state index >= 15 is 0 Å². The summed E-state index contributed by atoms with van der Waals surface area (Å²) in [7, 11) is 2.10. The molecule has 1 aliphatic heterocycles. The van der Waals surface area contributed by atoms with E-state index in [1.54, 1.807) is 6.08 Å². The van der Waals surface area contributed by atoms with Crippen LogP contribution in [0.2, 0.25) is 0 Å². The molecule has 162 valence electrons. The van der Waals surface area contributed by atoms with Gasteiger partial charge in [-0.15, -0.1) is 0 Å². The molecule has 0 atom stereocenters. The highest BCUT2D eigenvalue weighted by atomic mass is 32.2. The number of fused-ring (bicyclic) bond motifs is 1. The van der Waals surface area contributed by atoms with Crippen LogP contribution in [0.25, 0.3) is 6.08 Å². The molecular weight excluding hydrogens is 404 g/mol. The highest BCUT2D eigenvalue weighted by molar-refractivity contribution is 8.18. The third-order valence-electron chi connectivity index (χ3n) is 6.75. The van der Waals surface area contributed by atoms with Crippen LogP contribution in [-0.4, -0.2) is 18.2 Å². The Morgan fingerprint density at radius 2 is 1.55 bits per heavy atom. The molecule has 0 radical (unpaired) electrons. The van der Waals surface area contributed by atoms with Crippen LogP contribution in [0.15, 0.2) is 41.3 Å². The Hall–Kier alpha value is -2.53. The van der Waals surface area contributed by atoms with Crippen molar-refractivity contribution in [3.8, 4) is 0 Å². The van der Waals surface area contributed by atoms with Gasteiger partial charge in [-0.05, 0) is 88.9 Å². The zero-order valence-electron chi connectivity index (χ0n) is 19.1. The number of thioether (sulfide) groups is 1. The van der Waals surface area contributed by atoms with Crippen molar-refractivity contribution < 1.29 is 9.59 Å². The minimum Gasteiger partial charge on any atom is -0.344 e. The number of nitrogens with zero attached hydrogens (tertiary/aromatic N) is 1. The average molecular weight is 435 g/mol. The van der Waals surface area contributed by atoms with Gasteiger partial charge in [0.25, 0.3) is 11.1 Å². The van der Waals surface area contributed by atoms with Crippen molar-refractivity contribution in [2.75, 3.05) is 11.9 Å². The van der Waals surface area contributed by atoms with Gasteiger partial charge in [0.2, 0.25) is 0 Å². The molecule has 0 unspecified atom stereocenters. The van der Waals surface area contributed by atoms with E-state index < -0.39 is 0 Å². The number of rotatable bonds is 3. The molecule has 1 fully saturated rings. The smallest absolute Gasteiger partial charge is 0.290 e. The van der Waals surface area contributed by atoms with Gasteiger partial charge in [0.1, 0.15) is 0 Å². The fourth-order valence-corrected chi connectivity index (χ4v) is 5.26. The van der Waals surface area contributed by atoms with E-state index in [2.05, 4.69) is 76.1 Å². The van der Waals surface area contributed by atoms with Crippen LogP contribution < -0.4 is 10.2 Å². The van der Waals surface area contributed by atoms with Crippen LogP contribution in [0.4, 0.5) is 16.2 Å². The molecule has 2 aromatic carbocycles. The Bertz CT molecular complexity index is 1100. The SMILES string of the molecule is Cc1cc2c(cc1N(C)c1ccc(/C=C3\SC(=O)NC3=O)cc1)C(C)(C)CCC2(C)C. The van der Waals surface area contributed by atoms with Crippen molar-refractivity contribution in [3.05, 3.63) is 63.6 Å². The van der Waals surface area contributed by atoms with Crippen LogP contribution in [0.5, 0.6) is 0 Å². The molecule has 2 aromatic rings. The van der Waals surface area contributed by atoms with Crippen LogP contribution >= 0.6 is 11.8 Å². The van der Waals surface area contributed by atoms with Crippen LogP contribution in [0, 0.1) is 6.92 Å². The number of amides is 2. The molecule has 2 aliphatic rings. The fraction of sp³-hybridized carbons (Fsp3) is 0.385. The lowest BCUT2D eigenvalue weighted by molar-refractivity contribution is -0.115. The first-order valence-electron chi connectivity index (χ1n) is 10.7. The Kier molecular flexibility index (Phi) is 5.29. The highest BCUT2D eigenvalue weighted by Crippen LogP contribution is 2.48. The molecule has 1 heterocycles. The second kappa shape index (κ2) is 7.56. The summed E-state index contributed by atoms with van der Waals surface area (Å²) >= 11 is 0.942. The quantitative estimate of drug-likeness (QED) is 0.565. The number of imide groups is 1. The monoisotopic (exact) mass is 434 g/mol. The van der Waals surface area contributed by atoms with Crippen molar-refractivity contribution >= 4 is 40.4 Å². The summed E-state index contributed by atoms with van der Waals surface area (Å²) in [5.41, 5.74) is 7.76. The Morgan fingerprint density at radius 1 is 0.968 bits per heavy atom. The number of hydrogen-bond donors (Lipinski definition) is 1. The first kappa shape index (κ1) is 21.7. The predicted octanol–water partition coefficient (Wildman–Crippen LogP) is 6.44. The van der Waals surface area contributed by atoms with Gasteiger partial charge in [-0.1, -0.05) is 45.9 Å². The van der Waals surface area contributed by atoms with Gasteiger partial charge >= 0.3 is 0 Å². The number of carbonyl (C=O) groups is 2. The second-order valence-electron chi connectivity index (χ2n) is 9.95. The minimum atomic E-state index is -0.327. The van der Waals surface area contributed by atoms with Gasteiger partial charge in [-0.25, -0.2) is 0 Å². The molecule has 4 rings (SSSR count). The standard InChI is InChI=1S/C26H30N2O2S/c1-16-13-19-20(26(4,5)12-11-25(19,2)3)15-21(16)28(6)18-9-7-17(8-10-18)14-22-23(29)27-24(30)31-22/h7-10,13-15H,11-12H2,1-6H3,(H,27,29,30)/b22-14-. The number of nitrogens with one attached hydrogen (secondary N) is 1. The normalized spacial score (nSPS) is 20.5. The predicted molar refractivity (Wildman–Crippen MR) is 130 cm³/mol. The summed E-state index contributed by atoms with van der Waals surface area (Å²) in [6.07, 6.45) is 4.15. The maximum atomic E-state index is 11.8. The van der Waals surface area contributed by atoms with E-state index in [0.717, 1.165) is 23.0 Å². The highest BCUT2D eigenvalue weighted by Gasteiger charge is 2.37. The number of anilines is 2. The third-order valence-corrected chi connectivity index (χ3v) is 7.56. The Balaban J connectivity index is 1.66. The van der Waals surface area contributed by atoms with Crippen molar-refractivity contribution in [2.24, 2.45) is 0 Å². The molecule has 5 heteroatoms. The van der Waals surface area contributed by atoms with Gasteiger partial charge in [0.05, 0.1) is 4.91 Å². The molecule has 0 aromatic heterocycles. The summed E-state index contributed by atoms with van der Waals surface area (Å²) in [5.74, 6) is -0.327. The zero-order valence-corrected chi connectivity index (χ0v) is 19.9. The molecule has 4 nitrogen and oxygen atoms in total. The van der Waals surface area contributed by atoms with E-state index in [9.17, 15) is 9.59 Å². The molecule has 0 bridgehead atoms. The molecule has 1 N–H and O–H groups in total. The molecule has 1 aliphatic carbocycles. The Labute approximate surface area is 189 Å². The van der Waals surface area contributed by atoms with Crippen LogP contribution in [0.1, 0.15) is 62.8 Å². The summed E-state index contributed by atoms with van der Waals surface area (Å²) in [4.78, 5) is 25.8. The van der Waals surface area contributed by atoms with E-state index in [0.29, 0.717) is 4.91 Å². The van der Waals surface area contributed by atoms with E-state index in [1.165, 1.54) is 35.2 Å². The van der Waals surface area contributed by atoms with Gasteiger partial charge in [0, 0.05) is 18.4 Å². The van der Waals surface area contributed by atoms with Crippen molar-refractivity contribution in [1.82, 2.24) is 5.32 Å². The fourth-order valence-electron chi connectivity index (χ4n) is 4.58. The van der Waals surface area contributed by atoms with Crippen LogP contribution in [0.3, 0.4) is 0 Å². The zero-order chi connectivity index (χ0) is 22.6. The topological polar surface area (TPSA) is 49.4 Å². The second-order valence-corrected chi connectivity index (χ2v) is 11.0. The lowest BCUT2D eigenvalue weighted by Crippen LogP contribution is -2.34. The summed E-state index contributed by atoms with van der Waals surface area (Å²) in [6.45, 7) is 11.6. The Morgan fingerprint density at radius 3 is 2.10 bits per heavy atom. The van der Waals surface area contributed by atoms with Crippen molar-refractivity contribution in [2.45, 2.75) is 58.3 Å². The van der Waals surface area contributed by atoms with Gasteiger partial charge in [0.15, 0.2) is 0 Å². The summed E-state index contributed by atoms with van der Waals surface area (Å²) in [6, 6.07) is 12.8. The van der Waals surface area contributed by atoms with Crippen molar-refractivity contribution in [1.29, 1.82) is 0 Å². The molecule has 0 spiro atoms. The third kappa shape index (κ3) is 4.03. The van der Waals surface area contributed by atoms with Crippen molar-refractivity contribution in [3.63, 3.8) is 0 Å². The summed E-state index contributed by atoms with van der Waals surface area (Å²) in [5, 5.41) is 1.97. The number of hydrogen-bond acceptors (Lipinski definition) is 4. The van der Waals surface area contributed by atoms with E-state index in [-0.39, 0.29) is 22.0 Å². The first-order valence-corrected chi connectivity index (χ1v) is 11.5. The van der Waals surface area contributed by atoms with Gasteiger partial charge in [-0.3, -0.25) is 14.9 Å². The minimum absolute atomic E-state index is 0.168. The van der Waals surface area contributed by atoms with Gasteiger partial charge in [-0.2, -0.15) is 0 Å². The molecule has 1 saturated heterocycles. The number of benzene rings is 2. The molecule has 0 saturated carbocycles. The lowest BCUT2D eigenvalue weighted by atomic mass is 9.63. The maximum Gasteiger partial charge on any atom is 0.290 e. The van der Waals surface area contributed by atoms with E-state index in [4.69, 9.17) is 0 Å². The van der Waals surface area contributed by atoms with Gasteiger partial charge < -0.3 is 4.90 Å². The summed E-state index contributed by atoms with van der Waals surface area (Å²) < 4.78 is 0. The maximum absolute atomic E-state index is 11.8. The lowest BCUT2D eigenvalue weighted by Gasteiger charge is -2.43. The number of aryl methyl sites for hydroxylation is 1. The van der Waals surface area contributed by atoms with Crippen LogP contribution in [-0.2, 0) is 15.6 Å². The van der Waals surface area contributed by atoms with E-state index in [1.807, 2.05) is 12.1 Å². The molecular formula is C26H30N2O2S. The molecule has 2 amide bonds.